The topological polar surface area (TPSA) is 49.3 Å². The van der Waals surface area contributed by atoms with Crippen LogP contribution in [0.5, 0.6) is 0 Å². The van der Waals surface area contributed by atoms with Crippen LogP contribution >= 0.6 is 11.6 Å². The summed E-state index contributed by atoms with van der Waals surface area (Å²) in [5.74, 6) is -2.12. The van der Waals surface area contributed by atoms with Gasteiger partial charge in [0.15, 0.2) is 0 Å². The third kappa shape index (κ3) is 3.45. The summed E-state index contributed by atoms with van der Waals surface area (Å²) in [6.45, 7) is 1.52. The van der Waals surface area contributed by atoms with E-state index in [1.54, 1.807) is 23.2 Å². The standard InChI is InChI=1S/C18H19ClF2N4O/c19-13-1-2-14-15(9-13)22-10-16(23-14)25-6-3-12(11-25)17(26)24-7-4-18(20,21)5-8-24/h1-2,9-10,12H,3-8,11H2. The van der Waals surface area contributed by atoms with E-state index < -0.39 is 5.92 Å². The number of carbonyl (C=O) groups excluding carboxylic acids is 1. The summed E-state index contributed by atoms with van der Waals surface area (Å²) in [7, 11) is 0. The first kappa shape index (κ1) is 17.4. The largest absolute Gasteiger partial charge is 0.354 e. The number of nitrogens with zero attached hydrogens (tertiary/aromatic N) is 4. The van der Waals surface area contributed by atoms with E-state index in [2.05, 4.69) is 9.97 Å². The molecule has 0 N–H and O–H groups in total. The molecule has 1 unspecified atom stereocenters. The van der Waals surface area contributed by atoms with Gasteiger partial charge in [-0.15, -0.1) is 0 Å². The maximum absolute atomic E-state index is 13.3. The minimum Gasteiger partial charge on any atom is -0.354 e. The maximum atomic E-state index is 13.3. The van der Waals surface area contributed by atoms with Crippen molar-refractivity contribution >= 4 is 34.4 Å². The van der Waals surface area contributed by atoms with Crippen LogP contribution < -0.4 is 4.90 Å². The highest BCUT2D eigenvalue weighted by Gasteiger charge is 2.39. The molecule has 1 amide bonds. The van der Waals surface area contributed by atoms with Gasteiger partial charge < -0.3 is 9.80 Å². The molecular formula is C18H19ClF2N4O. The van der Waals surface area contributed by atoms with Crippen molar-refractivity contribution in [3.05, 3.63) is 29.4 Å². The second-order valence-electron chi connectivity index (χ2n) is 6.97. The Morgan fingerprint density at radius 3 is 2.73 bits per heavy atom. The molecule has 138 valence electrons. The van der Waals surface area contributed by atoms with E-state index >= 15 is 0 Å². The van der Waals surface area contributed by atoms with Gasteiger partial charge in [0.2, 0.25) is 5.91 Å². The first-order chi connectivity index (χ1) is 12.4. The lowest BCUT2D eigenvalue weighted by Crippen LogP contribution is -2.45. The molecule has 0 spiro atoms. The number of alkyl halides is 2. The number of hydrogen-bond donors (Lipinski definition) is 0. The Morgan fingerprint density at radius 1 is 1.19 bits per heavy atom. The van der Waals surface area contributed by atoms with E-state index in [9.17, 15) is 13.6 Å². The fraction of sp³-hybridized carbons (Fsp3) is 0.500. The molecule has 2 fully saturated rings. The number of aromatic nitrogens is 2. The Hall–Kier alpha value is -2.02. The van der Waals surface area contributed by atoms with Crippen molar-refractivity contribution in [1.29, 1.82) is 0 Å². The molecule has 0 aliphatic carbocycles. The molecule has 5 nitrogen and oxygen atoms in total. The highest BCUT2D eigenvalue weighted by molar-refractivity contribution is 6.31. The lowest BCUT2D eigenvalue weighted by Gasteiger charge is -2.33. The zero-order valence-corrected chi connectivity index (χ0v) is 14.9. The van der Waals surface area contributed by atoms with Gasteiger partial charge in [0.1, 0.15) is 5.82 Å². The van der Waals surface area contributed by atoms with Crippen molar-refractivity contribution in [2.45, 2.75) is 25.2 Å². The monoisotopic (exact) mass is 380 g/mol. The minimum absolute atomic E-state index is 0.0245. The molecule has 2 aliphatic heterocycles. The molecule has 0 saturated carbocycles. The van der Waals surface area contributed by atoms with Crippen LogP contribution in [-0.4, -0.2) is 52.9 Å². The fourth-order valence-electron chi connectivity index (χ4n) is 3.61. The van der Waals surface area contributed by atoms with Crippen LogP contribution in [0.3, 0.4) is 0 Å². The van der Waals surface area contributed by atoms with Crippen molar-refractivity contribution in [1.82, 2.24) is 14.9 Å². The number of piperidine rings is 1. The van der Waals surface area contributed by atoms with Gasteiger partial charge in [0.05, 0.1) is 23.1 Å². The Bertz CT molecular complexity index is 837. The maximum Gasteiger partial charge on any atom is 0.251 e. The average molecular weight is 381 g/mol. The summed E-state index contributed by atoms with van der Waals surface area (Å²) in [6.07, 6.45) is 1.90. The Balaban J connectivity index is 1.43. The second kappa shape index (κ2) is 6.61. The van der Waals surface area contributed by atoms with Gasteiger partial charge in [0.25, 0.3) is 5.92 Å². The Kier molecular flexibility index (Phi) is 4.42. The van der Waals surface area contributed by atoms with Crippen molar-refractivity contribution in [2.75, 3.05) is 31.1 Å². The third-order valence-electron chi connectivity index (χ3n) is 5.16. The predicted octanol–water partition coefficient (Wildman–Crippen LogP) is 3.37. The summed E-state index contributed by atoms with van der Waals surface area (Å²) in [6, 6.07) is 5.35. The van der Waals surface area contributed by atoms with Gasteiger partial charge in [0, 0.05) is 44.0 Å². The number of rotatable bonds is 2. The third-order valence-corrected chi connectivity index (χ3v) is 5.39. The highest BCUT2D eigenvalue weighted by Crippen LogP contribution is 2.30. The number of benzene rings is 1. The van der Waals surface area contributed by atoms with Crippen molar-refractivity contribution in [2.24, 2.45) is 5.92 Å². The van der Waals surface area contributed by atoms with E-state index in [0.717, 1.165) is 16.9 Å². The molecule has 1 aromatic carbocycles. The van der Waals surface area contributed by atoms with Crippen LogP contribution in [0.4, 0.5) is 14.6 Å². The summed E-state index contributed by atoms with van der Waals surface area (Å²) in [4.78, 5) is 25.3. The van der Waals surface area contributed by atoms with Gasteiger partial charge in [-0.2, -0.15) is 0 Å². The molecule has 2 aromatic rings. The minimum atomic E-state index is -2.64. The van der Waals surface area contributed by atoms with Crippen LogP contribution in [0, 0.1) is 5.92 Å². The van der Waals surface area contributed by atoms with Crippen LogP contribution in [0.15, 0.2) is 24.4 Å². The van der Waals surface area contributed by atoms with Crippen molar-refractivity contribution in [3.8, 4) is 0 Å². The molecular weight excluding hydrogens is 362 g/mol. The van der Waals surface area contributed by atoms with Crippen LogP contribution in [-0.2, 0) is 4.79 Å². The smallest absolute Gasteiger partial charge is 0.251 e. The number of hydrogen-bond acceptors (Lipinski definition) is 4. The van der Waals surface area contributed by atoms with Gasteiger partial charge >= 0.3 is 0 Å². The van der Waals surface area contributed by atoms with E-state index in [0.29, 0.717) is 24.5 Å². The van der Waals surface area contributed by atoms with Gasteiger partial charge in [-0.25, -0.2) is 13.8 Å². The molecule has 1 atom stereocenters. The quantitative estimate of drug-likeness (QED) is 0.801. The van der Waals surface area contributed by atoms with E-state index in [-0.39, 0.29) is 37.8 Å². The molecule has 2 aliphatic rings. The van der Waals surface area contributed by atoms with Crippen LogP contribution in [0.2, 0.25) is 5.02 Å². The van der Waals surface area contributed by atoms with Crippen molar-refractivity contribution < 1.29 is 13.6 Å². The number of carbonyl (C=O) groups is 1. The predicted molar refractivity (Wildman–Crippen MR) is 95.6 cm³/mol. The number of anilines is 1. The van der Waals surface area contributed by atoms with Crippen molar-refractivity contribution in [3.63, 3.8) is 0 Å². The first-order valence-corrected chi connectivity index (χ1v) is 9.13. The van der Waals surface area contributed by atoms with Gasteiger partial charge in [-0.05, 0) is 24.6 Å². The van der Waals surface area contributed by atoms with E-state index in [4.69, 9.17) is 11.6 Å². The Morgan fingerprint density at radius 2 is 1.96 bits per heavy atom. The summed E-state index contributed by atoms with van der Waals surface area (Å²) in [5, 5.41) is 0.610. The van der Waals surface area contributed by atoms with Gasteiger partial charge in [-0.1, -0.05) is 11.6 Å². The molecule has 2 saturated heterocycles. The Labute approximate surface area is 155 Å². The zero-order valence-electron chi connectivity index (χ0n) is 14.2. The van der Waals surface area contributed by atoms with E-state index in [1.165, 1.54) is 0 Å². The highest BCUT2D eigenvalue weighted by atomic mass is 35.5. The second-order valence-corrected chi connectivity index (χ2v) is 7.41. The average Bonchev–Trinajstić information content (AvgIpc) is 3.11. The number of likely N-dealkylation sites (tertiary alicyclic amines) is 1. The lowest BCUT2D eigenvalue weighted by molar-refractivity contribution is -0.140. The summed E-state index contributed by atoms with van der Waals surface area (Å²) in [5.41, 5.74) is 1.47. The molecule has 26 heavy (non-hydrogen) atoms. The summed E-state index contributed by atoms with van der Waals surface area (Å²) >= 11 is 5.96. The van der Waals surface area contributed by atoms with E-state index in [1.807, 2.05) is 11.0 Å². The summed E-state index contributed by atoms with van der Waals surface area (Å²) < 4.78 is 26.6. The molecule has 0 radical (unpaired) electrons. The first-order valence-electron chi connectivity index (χ1n) is 8.75. The lowest BCUT2D eigenvalue weighted by atomic mass is 10.0. The molecule has 1 aromatic heterocycles. The normalized spacial score (nSPS) is 22.8. The van der Waals surface area contributed by atoms with Gasteiger partial charge in [-0.3, -0.25) is 9.78 Å². The number of halogens is 3. The molecule has 4 rings (SSSR count). The number of fused-ring (bicyclic) bond motifs is 1. The molecule has 3 heterocycles. The fourth-order valence-corrected chi connectivity index (χ4v) is 3.78. The van der Waals surface area contributed by atoms with Crippen LogP contribution in [0.1, 0.15) is 19.3 Å². The SMILES string of the molecule is O=C(C1CCN(c2cnc3cc(Cl)ccc3n2)C1)N1CCC(F)(F)CC1. The number of amides is 1. The van der Waals surface area contributed by atoms with Crippen LogP contribution in [0.25, 0.3) is 11.0 Å². The zero-order chi connectivity index (χ0) is 18.3. The molecule has 0 bridgehead atoms. The molecule has 8 heteroatoms.